The molecule has 8 nitrogen and oxygen atoms in total. The van der Waals surface area contributed by atoms with Crippen molar-refractivity contribution in [3.05, 3.63) is 35.5 Å². The summed E-state index contributed by atoms with van der Waals surface area (Å²) in [6, 6.07) is 6.08. The molecular weight excluding hydrogens is 370 g/mol. The lowest BCUT2D eigenvalue weighted by Crippen LogP contribution is -2.38. The zero-order valence-corrected chi connectivity index (χ0v) is 18.1. The minimum Gasteiger partial charge on any atom is -0.490 e. The first-order valence-corrected chi connectivity index (χ1v) is 10.3. The third-order valence-corrected chi connectivity index (χ3v) is 4.15. The molecule has 160 valence electrons. The van der Waals surface area contributed by atoms with Crippen LogP contribution < -0.4 is 20.1 Å². The quantitative estimate of drug-likeness (QED) is 0.337. The van der Waals surface area contributed by atoms with E-state index in [-0.39, 0.29) is 6.04 Å². The molecular formula is C21H33N5O3. The van der Waals surface area contributed by atoms with Crippen LogP contribution in [0.4, 0.5) is 0 Å². The molecule has 0 aliphatic heterocycles. The van der Waals surface area contributed by atoms with Crippen LogP contribution in [-0.2, 0) is 6.42 Å². The topological polar surface area (TPSA) is 93.8 Å². The van der Waals surface area contributed by atoms with Crippen molar-refractivity contribution < 1.29 is 14.0 Å². The van der Waals surface area contributed by atoms with Gasteiger partial charge in [0.25, 0.3) is 0 Å². The Balaban J connectivity index is 1.98. The lowest BCUT2D eigenvalue weighted by Gasteiger charge is -2.20. The van der Waals surface area contributed by atoms with Crippen LogP contribution in [0.15, 0.2) is 27.7 Å². The van der Waals surface area contributed by atoms with Gasteiger partial charge in [-0.1, -0.05) is 11.2 Å². The SMILES string of the molecule is CCNC(=NCCCc1nc(C)no1)NC(C)c1ccc(OCC)c(OCC)c1. The van der Waals surface area contributed by atoms with E-state index in [2.05, 4.69) is 32.7 Å². The molecule has 0 saturated heterocycles. The number of benzene rings is 1. The normalized spacial score (nSPS) is 12.5. The summed E-state index contributed by atoms with van der Waals surface area (Å²) >= 11 is 0. The Morgan fingerprint density at radius 3 is 2.59 bits per heavy atom. The van der Waals surface area contributed by atoms with E-state index in [1.165, 1.54) is 0 Å². The van der Waals surface area contributed by atoms with Gasteiger partial charge in [-0.2, -0.15) is 4.98 Å². The molecule has 1 atom stereocenters. The van der Waals surface area contributed by atoms with E-state index in [9.17, 15) is 0 Å². The van der Waals surface area contributed by atoms with Crippen LogP contribution in [0.3, 0.4) is 0 Å². The smallest absolute Gasteiger partial charge is 0.226 e. The van der Waals surface area contributed by atoms with Crippen LogP contribution in [0.5, 0.6) is 11.5 Å². The van der Waals surface area contributed by atoms with Gasteiger partial charge in [0, 0.05) is 19.5 Å². The molecule has 2 aromatic rings. The summed E-state index contributed by atoms with van der Waals surface area (Å²) < 4.78 is 16.5. The molecule has 8 heteroatoms. The highest BCUT2D eigenvalue weighted by atomic mass is 16.5. The zero-order chi connectivity index (χ0) is 21.1. The molecule has 0 bridgehead atoms. The second kappa shape index (κ2) is 11.9. The average molecular weight is 404 g/mol. The lowest BCUT2D eigenvalue weighted by molar-refractivity contribution is 0.287. The van der Waals surface area contributed by atoms with Gasteiger partial charge in [0.1, 0.15) is 0 Å². The molecule has 0 saturated carbocycles. The predicted octanol–water partition coefficient (Wildman–Crippen LogP) is 3.42. The van der Waals surface area contributed by atoms with Gasteiger partial charge < -0.3 is 24.6 Å². The largest absolute Gasteiger partial charge is 0.490 e. The summed E-state index contributed by atoms with van der Waals surface area (Å²) in [6.45, 7) is 12.5. The van der Waals surface area contributed by atoms with Gasteiger partial charge >= 0.3 is 0 Å². The molecule has 2 N–H and O–H groups in total. The fraction of sp³-hybridized carbons (Fsp3) is 0.571. The summed E-state index contributed by atoms with van der Waals surface area (Å²) in [5.41, 5.74) is 1.10. The van der Waals surface area contributed by atoms with Gasteiger partial charge in [0.15, 0.2) is 23.3 Å². The molecule has 0 fully saturated rings. The van der Waals surface area contributed by atoms with Crippen molar-refractivity contribution >= 4 is 5.96 Å². The second-order valence-electron chi connectivity index (χ2n) is 6.54. The summed E-state index contributed by atoms with van der Waals surface area (Å²) in [6.07, 6.45) is 1.56. The van der Waals surface area contributed by atoms with Gasteiger partial charge in [-0.3, -0.25) is 4.99 Å². The molecule has 1 unspecified atom stereocenters. The third kappa shape index (κ3) is 7.29. The molecule has 1 aromatic carbocycles. The van der Waals surface area contributed by atoms with E-state index in [4.69, 9.17) is 14.0 Å². The van der Waals surface area contributed by atoms with Crippen molar-refractivity contribution in [1.82, 2.24) is 20.8 Å². The maximum Gasteiger partial charge on any atom is 0.226 e. The molecule has 2 rings (SSSR count). The first kappa shape index (κ1) is 22.5. The fourth-order valence-corrected chi connectivity index (χ4v) is 2.81. The summed E-state index contributed by atoms with van der Waals surface area (Å²) in [5.74, 6) is 3.61. The number of guanidine groups is 1. The van der Waals surface area contributed by atoms with E-state index in [0.717, 1.165) is 42.4 Å². The molecule has 1 heterocycles. The standard InChI is InChI=1S/C21H33N5O3/c1-6-22-21(23-13-9-10-20-25-16(5)26-29-20)24-15(4)17-11-12-18(27-7-2)19(14-17)28-8-3/h11-12,14-15H,6-10,13H2,1-5H3,(H2,22,23,24). The monoisotopic (exact) mass is 403 g/mol. The molecule has 1 aromatic heterocycles. The average Bonchev–Trinajstić information content (AvgIpc) is 3.12. The number of hydrogen-bond donors (Lipinski definition) is 2. The van der Waals surface area contributed by atoms with Crippen molar-refractivity contribution in [1.29, 1.82) is 0 Å². The van der Waals surface area contributed by atoms with Crippen LogP contribution in [-0.4, -0.2) is 42.4 Å². The summed E-state index contributed by atoms with van der Waals surface area (Å²) in [4.78, 5) is 8.87. The number of aliphatic imine (C=N–C) groups is 1. The van der Waals surface area contributed by atoms with Crippen molar-refractivity contribution in [2.24, 2.45) is 4.99 Å². The first-order valence-electron chi connectivity index (χ1n) is 10.3. The Labute approximate surface area is 173 Å². The van der Waals surface area contributed by atoms with Crippen molar-refractivity contribution in [2.75, 3.05) is 26.3 Å². The third-order valence-electron chi connectivity index (χ3n) is 4.15. The Morgan fingerprint density at radius 1 is 1.17 bits per heavy atom. The summed E-state index contributed by atoms with van der Waals surface area (Å²) in [7, 11) is 0. The lowest BCUT2D eigenvalue weighted by atomic mass is 10.1. The van der Waals surface area contributed by atoms with Crippen LogP contribution in [0.25, 0.3) is 0 Å². The van der Waals surface area contributed by atoms with E-state index in [0.29, 0.717) is 31.5 Å². The van der Waals surface area contributed by atoms with Crippen LogP contribution in [0.1, 0.15) is 57.4 Å². The van der Waals surface area contributed by atoms with Gasteiger partial charge in [-0.15, -0.1) is 0 Å². The Morgan fingerprint density at radius 2 is 1.93 bits per heavy atom. The highest BCUT2D eigenvalue weighted by Crippen LogP contribution is 2.30. The predicted molar refractivity (Wildman–Crippen MR) is 114 cm³/mol. The number of nitrogens with one attached hydrogen (secondary N) is 2. The Bertz CT molecular complexity index is 775. The Hall–Kier alpha value is -2.77. The maximum atomic E-state index is 5.74. The fourth-order valence-electron chi connectivity index (χ4n) is 2.81. The number of aromatic nitrogens is 2. The minimum atomic E-state index is 0.0567. The minimum absolute atomic E-state index is 0.0567. The maximum absolute atomic E-state index is 5.74. The van der Waals surface area contributed by atoms with E-state index < -0.39 is 0 Å². The van der Waals surface area contributed by atoms with Crippen molar-refractivity contribution in [2.45, 2.75) is 53.5 Å². The Kier molecular flexibility index (Phi) is 9.27. The number of hydrogen-bond acceptors (Lipinski definition) is 6. The number of aryl methyl sites for hydroxylation is 2. The van der Waals surface area contributed by atoms with Gasteiger partial charge in [-0.25, -0.2) is 0 Å². The highest BCUT2D eigenvalue weighted by molar-refractivity contribution is 5.80. The molecule has 29 heavy (non-hydrogen) atoms. The summed E-state index contributed by atoms with van der Waals surface area (Å²) in [5, 5.41) is 10.5. The van der Waals surface area contributed by atoms with E-state index in [1.807, 2.05) is 45.9 Å². The van der Waals surface area contributed by atoms with E-state index >= 15 is 0 Å². The molecule has 0 aliphatic rings. The first-order chi connectivity index (χ1) is 14.1. The van der Waals surface area contributed by atoms with Crippen LogP contribution in [0, 0.1) is 6.92 Å². The van der Waals surface area contributed by atoms with Crippen LogP contribution in [0.2, 0.25) is 0 Å². The van der Waals surface area contributed by atoms with Crippen LogP contribution >= 0.6 is 0 Å². The number of nitrogens with zero attached hydrogens (tertiary/aromatic N) is 3. The van der Waals surface area contributed by atoms with Gasteiger partial charge in [-0.05, 0) is 58.7 Å². The zero-order valence-electron chi connectivity index (χ0n) is 18.1. The second-order valence-corrected chi connectivity index (χ2v) is 6.54. The van der Waals surface area contributed by atoms with Gasteiger partial charge in [0.2, 0.25) is 5.89 Å². The molecule has 0 spiro atoms. The van der Waals surface area contributed by atoms with Crippen molar-refractivity contribution in [3.63, 3.8) is 0 Å². The number of rotatable bonds is 11. The highest BCUT2D eigenvalue weighted by Gasteiger charge is 2.12. The van der Waals surface area contributed by atoms with Crippen molar-refractivity contribution in [3.8, 4) is 11.5 Å². The van der Waals surface area contributed by atoms with Gasteiger partial charge in [0.05, 0.1) is 19.3 Å². The molecule has 0 aliphatic carbocycles. The van der Waals surface area contributed by atoms with E-state index in [1.54, 1.807) is 0 Å². The number of ether oxygens (including phenoxy) is 2. The molecule has 0 amide bonds. The molecule has 0 radical (unpaired) electrons.